The molecule has 0 bridgehead atoms. The Morgan fingerprint density at radius 1 is 1.18 bits per heavy atom. The number of pyridine rings is 1. The van der Waals surface area contributed by atoms with E-state index in [0.717, 1.165) is 10.5 Å². The zero-order valence-corrected chi connectivity index (χ0v) is 9.68. The van der Waals surface area contributed by atoms with E-state index in [-0.39, 0.29) is 11.4 Å². The van der Waals surface area contributed by atoms with Crippen LogP contribution in [0.3, 0.4) is 0 Å². The summed E-state index contributed by atoms with van der Waals surface area (Å²) < 4.78 is 5.38. The normalized spacial score (nSPS) is 18.4. The highest BCUT2D eigenvalue weighted by molar-refractivity contribution is 7.99. The molecule has 1 aromatic heterocycles. The number of cyclic esters (lactones) is 1. The van der Waals surface area contributed by atoms with Crippen molar-refractivity contribution in [2.45, 2.75) is 10.3 Å². The predicted octanol–water partition coefficient (Wildman–Crippen LogP) is 3.04. The van der Waals surface area contributed by atoms with Crippen LogP contribution in [-0.2, 0) is 4.74 Å². The summed E-state index contributed by atoms with van der Waals surface area (Å²) in [6, 6.07) is 11.2. The Morgan fingerprint density at radius 2 is 2.06 bits per heavy atom. The lowest BCUT2D eigenvalue weighted by molar-refractivity contribution is 0.0439. The van der Waals surface area contributed by atoms with Gasteiger partial charge in [-0.2, -0.15) is 0 Å². The van der Waals surface area contributed by atoms with Crippen LogP contribution >= 0.6 is 11.8 Å². The van der Waals surface area contributed by atoms with Crippen molar-refractivity contribution in [3.05, 3.63) is 59.9 Å². The molecule has 1 aliphatic rings. The van der Waals surface area contributed by atoms with Crippen LogP contribution < -0.4 is 0 Å². The molecule has 0 amide bonds. The molecule has 1 aromatic carbocycles. The van der Waals surface area contributed by atoms with Gasteiger partial charge in [-0.05, 0) is 18.2 Å². The molecule has 0 radical (unpaired) electrons. The molecule has 4 heteroatoms. The molecule has 2 aromatic rings. The van der Waals surface area contributed by atoms with E-state index in [1.165, 1.54) is 11.8 Å². The van der Waals surface area contributed by atoms with Gasteiger partial charge >= 0.3 is 5.97 Å². The average molecular weight is 243 g/mol. The van der Waals surface area contributed by atoms with Crippen molar-refractivity contribution in [1.29, 1.82) is 0 Å². The number of hydrogen-bond donors (Lipinski definition) is 0. The summed E-state index contributed by atoms with van der Waals surface area (Å²) in [6.07, 6.45) is 3.42. The van der Waals surface area contributed by atoms with Crippen molar-refractivity contribution < 1.29 is 9.53 Å². The van der Waals surface area contributed by atoms with Gasteiger partial charge in [-0.15, -0.1) is 0 Å². The SMILES string of the molecule is O=C1O[C@@H](c2cccnc2)Sc2ccccc21. The number of aromatic nitrogens is 1. The van der Waals surface area contributed by atoms with E-state index in [1.54, 1.807) is 18.5 Å². The van der Waals surface area contributed by atoms with Crippen LogP contribution in [0.25, 0.3) is 0 Å². The molecule has 1 atom stereocenters. The number of benzene rings is 1. The monoisotopic (exact) mass is 243 g/mol. The zero-order chi connectivity index (χ0) is 11.7. The number of rotatable bonds is 1. The third kappa shape index (κ3) is 1.91. The first-order valence-electron chi connectivity index (χ1n) is 5.21. The number of thioether (sulfide) groups is 1. The number of fused-ring (bicyclic) bond motifs is 1. The number of hydrogen-bond acceptors (Lipinski definition) is 4. The second-order valence-electron chi connectivity index (χ2n) is 3.64. The molecule has 0 saturated carbocycles. The largest absolute Gasteiger partial charge is 0.442 e. The summed E-state index contributed by atoms with van der Waals surface area (Å²) in [5, 5.41) is 0. The fourth-order valence-electron chi connectivity index (χ4n) is 1.69. The number of nitrogens with zero attached hydrogens (tertiary/aromatic N) is 1. The number of ether oxygens (including phenoxy) is 1. The van der Waals surface area contributed by atoms with Crippen LogP contribution in [-0.4, -0.2) is 11.0 Å². The van der Waals surface area contributed by atoms with Gasteiger partial charge in [0.05, 0.1) is 5.56 Å². The van der Waals surface area contributed by atoms with E-state index >= 15 is 0 Å². The lowest BCUT2D eigenvalue weighted by atomic mass is 10.2. The topological polar surface area (TPSA) is 39.2 Å². The van der Waals surface area contributed by atoms with Crippen molar-refractivity contribution >= 4 is 17.7 Å². The molecule has 3 rings (SSSR count). The third-order valence-corrected chi connectivity index (χ3v) is 3.70. The molecule has 3 nitrogen and oxygen atoms in total. The quantitative estimate of drug-likeness (QED) is 0.722. The zero-order valence-electron chi connectivity index (χ0n) is 8.87. The Bertz CT molecular complexity index is 556. The first kappa shape index (κ1) is 10.4. The highest BCUT2D eigenvalue weighted by Gasteiger charge is 2.27. The Hall–Kier alpha value is -1.81. The average Bonchev–Trinajstić information content (AvgIpc) is 2.40. The highest BCUT2D eigenvalue weighted by atomic mass is 32.2. The molecule has 84 valence electrons. The molecule has 0 N–H and O–H groups in total. The van der Waals surface area contributed by atoms with Crippen molar-refractivity contribution in [3.8, 4) is 0 Å². The number of carbonyl (C=O) groups is 1. The van der Waals surface area contributed by atoms with Gasteiger partial charge in [0.25, 0.3) is 0 Å². The maximum absolute atomic E-state index is 11.8. The van der Waals surface area contributed by atoms with Crippen molar-refractivity contribution in [2.24, 2.45) is 0 Å². The molecule has 0 spiro atoms. The molecule has 0 fully saturated rings. The Morgan fingerprint density at radius 3 is 2.88 bits per heavy atom. The minimum atomic E-state index is -0.300. The van der Waals surface area contributed by atoms with Crippen LogP contribution in [0.2, 0.25) is 0 Å². The van der Waals surface area contributed by atoms with E-state index in [1.807, 2.05) is 30.3 Å². The van der Waals surface area contributed by atoms with E-state index in [9.17, 15) is 4.79 Å². The second-order valence-corrected chi connectivity index (χ2v) is 4.74. The predicted molar refractivity (Wildman–Crippen MR) is 64.7 cm³/mol. The first-order chi connectivity index (χ1) is 8.34. The van der Waals surface area contributed by atoms with E-state index < -0.39 is 0 Å². The van der Waals surface area contributed by atoms with Crippen molar-refractivity contribution in [2.75, 3.05) is 0 Å². The standard InChI is InChI=1S/C13H9NO2S/c15-12-10-5-1-2-6-11(10)17-13(16-12)9-4-3-7-14-8-9/h1-8,13H/t13-/m1/s1. The summed E-state index contributed by atoms with van der Waals surface area (Å²) in [5.74, 6) is -0.270. The van der Waals surface area contributed by atoms with E-state index in [4.69, 9.17) is 4.74 Å². The van der Waals surface area contributed by atoms with E-state index in [0.29, 0.717) is 5.56 Å². The molecular weight excluding hydrogens is 234 g/mol. The summed E-state index contributed by atoms with van der Waals surface area (Å²) in [6.45, 7) is 0. The molecular formula is C13H9NO2S. The van der Waals surface area contributed by atoms with Crippen LogP contribution in [0.15, 0.2) is 53.7 Å². The smallest absolute Gasteiger partial charge is 0.340 e. The lowest BCUT2D eigenvalue weighted by Crippen LogP contribution is -2.15. The van der Waals surface area contributed by atoms with Gasteiger partial charge in [-0.1, -0.05) is 30.0 Å². The molecule has 17 heavy (non-hydrogen) atoms. The fraction of sp³-hybridized carbons (Fsp3) is 0.0769. The van der Waals surface area contributed by atoms with Crippen LogP contribution in [0, 0.1) is 0 Å². The van der Waals surface area contributed by atoms with Crippen molar-refractivity contribution in [1.82, 2.24) is 4.98 Å². The summed E-state index contributed by atoms with van der Waals surface area (Å²) >= 11 is 1.53. The Kier molecular flexibility index (Phi) is 2.57. The van der Waals surface area contributed by atoms with Crippen LogP contribution in [0.4, 0.5) is 0 Å². The molecule has 0 unspecified atom stereocenters. The maximum atomic E-state index is 11.8. The van der Waals surface area contributed by atoms with Gasteiger partial charge in [0.2, 0.25) is 0 Å². The molecule has 0 saturated heterocycles. The number of carbonyl (C=O) groups excluding carboxylic acids is 1. The molecule has 1 aliphatic heterocycles. The third-order valence-electron chi connectivity index (χ3n) is 2.51. The van der Waals surface area contributed by atoms with Gasteiger partial charge < -0.3 is 4.74 Å². The van der Waals surface area contributed by atoms with Gasteiger partial charge in [0, 0.05) is 22.9 Å². The van der Waals surface area contributed by atoms with Gasteiger partial charge in [-0.25, -0.2) is 4.79 Å². The molecule has 2 heterocycles. The van der Waals surface area contributed by atoms with Gasteiger partial charge in [0.15, 0.2) is 5.44 Å². The molecule has 0 aliphatic carbocycles. The minimum absolute atomic E-state index is 0.270. The summed E-state index contributed by atoms with van der Waals surface area (Å²) in [4.78, 5) is 16.8. The van der Waals surface area contributed by atoms with Gasteiger partial charge in [-0.3, -0.25) is 4.98 Å². The summed E-state index contributed by atoms with van der Waals surface area (Å²) in [5.41, 5.74) is 1.24. The van der Waals surface area contributed by atoms with E-state index in [2.05, 4.69) is 4.98 Å². The highest BCUT2D eigenvalue weighted by Crippen LogP contribution is 2.42. The maximum Gasteiger partial charge on any atom is 0.340 e. The number of esters is 1. The Labute approximate surface area is 103 Å². The lowest BCUT2D eigenvalue weighted by Gasteiger charge is -2.23. The first-order valence-corrected chi connectivity index (χ1v) is 6.09. The minimum Gasteiger partial charge on any atom is -0.442 e. The summed E-state index contributed by atoms with van der Waals surface area (Å²) in [7, 11) is 0. The van der Waals surface area contributed by atoms with Crippen LogP contribution in [0.5, 0.6) is 0 Å². The van der Waals surface area contributed by atoms with Crippen molar-refractivity contribution in [3.63, 3.8) is 0 Å². The van der Waals surface area contributed by atoms with Crippen LogP contribution in [0.1, 0.15) is 21.4 Å². The van der Waals surface area contributed by atoms with Gasteiger partial charge in [0.1, 0.15) is 0 Å². The second kappa shape index (κ2) is 4.22. The Balaban J connectivity index is 1.97. The fourth-order valence-corrected chi connectivity index (χ4v) is 2.77.